The van der Waals surface area contributed by atoms with Crippen LogP contribution < -0.4 is 0 Å². The minimum absolute atomic E-state index is 0.155. The average molecular weight is 313 g/mol. The molecule has 0 atom stereocenters. The molecule has 0 radical (unpaired) electrons. The van der Waals surface area contributed by atoms with E-state index in [-0.39, 0.29) is 10.7 Å². The minimum atomic E-state index is -3.73. The zero-order chi connectivity index (χ0) is 15.9. The second-order valence-corrected chi connectivity index (χ2v) is 7.05. The van der Waals surface area contributed by atoms with Gasteiger partial charge in [0.25, 0.3) is 10.0 Å². The van der Waals surface area contributed by atoms with Gasteiger partial charge in [-0.15, -0.1) is 0 Å². The SMILES string of the molecule is CC(=O)c1cn(S(=O)(=O)c2ccccc2)c2ccc(C)cc12. The van der Waals surface area contributed by atoms with E-state index in [1.54, 1.807) is 36.4 Å². The maximum atomic E-state index is 12.8. The Kier molecular flexibility index (Phi) is 3.37. The van der Waals surface area contributed by atoms with Gasteiger partial charge in [0, 0.05) is 17.1 Å². The third-order valence-corrected chi connectivity index (χ3v) is 5.29. The topological polar surface area (TPSA) is 56.1 Å². The van der Waals surface area contributed by atoms with Crippen molar-refractivity contribution < 1.29 is 13.2 Å². The molecular weight excluding hydrogens is 298 g/mol. The highest BCUT2D eigenvalue weighted by molar-refractivity contribution is 7.90. The number of aryl methyl sites for hydroxylation is 1. The fourth-order valence-electron chi connectivity index (χ4n) is 2.50. The van der Waals surface area contributed by atoms with E-state index in [0.29, 0.717) is 16.5 Å². The number of rotatable bonds is 3. The summed E-state index contributed by atoms with van der Waals surface area (Å²) in [5.74, 6) is -0.155. The average Bonchev–Trinajstić information content (AvgIpc) is 2.87. The van der Waals surface area contributed by atoms with E-state index in [4.69, 9.17) is 0 Å². The van der Waals surface area contributed by atoms with E-state index < -0.39 is 10.0 Å². The predicted octanol–water partition coefficient (Wildman–Crippen LogP) is 3.39. The van der Waals surface area contributed by atoms with Gasteiger partial charge in [0.05, 0.1) is 10.4 Å². The smallest absolute Gasteiger partial charge is 0.268 e. The number of ketones is 1. The van der Waals surface area contributed by atoms with E-state index in [0.717, 1.165) is 5.56 Å². The van der Waals surface area contributed by atoms with Crippen LogP contribution in [0.3, 0.4) is 0 Å². The summed E-state index contributed by atoms with van der Waals surface area (Å²) in [7, 11) is -3.73. The van der Waals surface area contributed by atoms with Gasteiger partial charge in [-0.2, -0.15) is 0 Å². The van der Waals surface area contributed by atoms with Gasteiger partial charge in [-0.1, -0.05) is 29.8 Å². The molecule has 5 heteroatoms. The monoisotopic (exact) mass is 313 g/mol. The second kappa shape index (κ2) is 5.10. The van der Waals surface area contributed by atoms with Crippen LogP contribution in [0.2, 0.25) is 0 Å². The van der Waals surface area contributed by atoms with Crippen LogP contribution in [0.25, 0.3) is 10.9 Å². The molecule has 1 aromatic heterocycles. The molecule has 0 aliphatic heterocycles. The zero-order valence-electron chi connectivity index (χ0n) is 12.3. The van der Waals surface area contributed by atoms with Gasteiger partial charge in [-0.25, -0.2) is 12.4 Å². The molecule has 0 aliphatic carbocycles. The van der Waals surface area contributed by atoms with Crippen molar-refractivity contribution in [2.75, 3.05) is 0 Å². The fourth-order valence-corrected chi connectivity index (χ4v) is 3.89. The number of carbonyl (C=O) groups excluding carboxylic acids is 1. The molecule has 0 unspecified atom stereocenters. The molecule has 0 saturated heterocycles. The molecule has 0 saturated carbocycles. The highest BCUT2D eigenvalue weighted by atomic mass is 32.2. The van der Waals surface area contributed by atoms with Crippen molar-refractivity contribution in [3.05, 3.63) is 65.9 Å². The van der Waals surface area contributed by atoms with Crippen molar-refractivity contribution in [1.29, 1.82) is 0 Å². The second-order valence-electron chi connectivity index (χ2n) is 5.23. The van der Waals surface area contributed by atoms with Crippen molar-refractivity contribution >= 4 is 26.7 Å². The zero-order valence-corrected chi connectivity index (χ0v) is 13.1. The molecule has 0 amide bonds. The number of nitrogens with zero attached hydrogens (tertiary/aromatic N) is 1. The molecule has 0 spiro atoms. The summed E-state index contributed by atoms with van der Waals surface area (Å²) in [5.41, 5.74) is 1.91. The molecule has 4 nitrogen and oxygen atoms in total. The molecular formula is C17H15NO3S. The quantitative estimate of drug-likeness (QED) is 0.696. The van der Waals surface area contributed by atoms with Crippen molar-refractivity contribution in [2.45, 2.75) is 18.7 Å². The summed E-state index contributed by atoms with van der Waals surface area (Å²) in [6.45, 7) is 3.35. The summed E-state index contributed by atoms with van der Waals surface area (Å²) in [5, 5.41) is 0.659. The van der Waals surface area contributed by atoms with E-state index in [1.807, 2.05) is 19.1 Å². The number of Topliss-reactive ketones (excluding diaryl/α,β-unsaturated/α-hetero) is 1. The molecule has 0 N–H and O–H groups in total. The number of hydrogen-bond donors (Lipinski definition) is 0. The maximum absolute atomic E-state index is 12.8. The number of fused-ring (bicyclic) bond motifs is 1. The number of benzene rings is 2. The van der Waals surface area contributed by atoms with Gasteiger partial charge in [-0.3, -0.25) is 4.79 Å². The minimum Gasteiger partial charge on any atom is -0.294 e. The molecule has 0 aliphatic rings. The Hall–Kier alpha value is -2.40. The third-order valence-electron chi connectivity index (χ3n) is 3.61. The highest BCUT2D eigenvalue weighted by Gasteiger charge is 2.22. The summed E-state index contributed by atoms with van der Waals surface area (Å²) in [6.07, 6.45) is 1.41. The number of aromatic nitrogens is 1. The van der Waals surface area contributed by atoms with Crippen LogP contribution in [0, 0.1) is 6.92 Å². The summed E-state index contributed by atoms with van der Waals surface area (Å²) in [4.78, 5) is 12.0. The summed E-state index contributed by atoms with van der Waals surface area (Å²) < 4.78 is 26.8. The Labute approximate surface area is 129 Å². The van der Waals surface area contributed by atoms with Crippen LogP contribution in [0.15, 0.2) is 59.6 Å². The van der Waals surface area contributed by atoms with Gasteiger partial charge in [0.1, 0.15) is 0 Å². The van der Waals surface area contributed by atoms with Crippen molar-refractivity contribution in [1.82, 2.24) is 3.97 Å². The fraction of sp³-hybridized carbons (Fsp3) is 0.118. The lowest BCUT2D eigenvalue weighted by Gasteiger charge is -2.07. The first kappa shape index (κ1) is 14.5. The highest BCUT2D eigenvalue weighted by Crippen LogP contribution is 2.27. The Bertz CT molecular complexity index is 970. The molecule has 3 rings (SSSR count). The molecule has 0 bridgehead atoms. The van der Waals surface area contributed by atoms with Crippen molar-refractivity contribution in [3.63, 3.8) is 0 Å². The Morgan fingerprint density at radius 2 is 1.73 bits per heavy atom. The number of hydrogen-bond acceptors (Lipinski definition) is 3. The van der Waals surface area contributed by atoms with E-state index >= 15 is 0 Å². The molecule has 3 aromatic rings. The van der Waals surface area contributed by atoms with Crippen LogP contribution in [0.5, 0.6) is 0 Å². The normalized spacial score (nSPS) is 11.7. The lowest BCUT2D eigenvalue weighted by Crippen LogP contribution is -2.11. The summed E-state index contributed by atoms with van der Waals surface area (Å²) in [6, 6.07) is 13.6. The van der Waals surface area contributed by atoms with Crippen LogP contribution in [-0.2, 0) is 10.0 Å². The standard InChI is InChI=1S/C17H15NO3S/c1-12-8-9-17-15(10-12)16(13(2)19)11-18(17)22(20,21)14-6-4-3-5-7-14/h3-11H,1-2H3. The van der Waals surface area contributed by atoms with Crippen LogP contribution in [-0.4, -0.2) is 18.2 Å². The Morgan fingerprint density at radius 3 is 2.36 bits per heavy atom. The van der Waals surface area contributed by atoms with Crippen LogP contribution in [0.4, 0.5) is 0 Å². The van der Waals surface area contributed by atoms with E-state index in [1.165, 1.54) is 17.1 Å². The van der Waals surface area contributed by atoms with E-state index in [2.05, 4.69) is 0 Å². The first-order chi connectivity index (χ1) is 10.4. The van der Waals surface area contributed by atoms with Gasteiger partial charge < -0.3 is 0 Å². The van der Waals surface area contributed by atoms with Gasteiger partial charge in [0.2, 0.25) is 0 Å². The molecule has 2 aromatic carbocycles. The van der Waals surface area contributed by atoms with E-state index in [9.17, 15) is 13.2 Å². The van der Waals surface area contributed by atoms with Crippen LogP contribution in [0.1, 0.15) is 22.8 Å². The number of carbonyl (C=O) groups is 1. The Balaban J connectivity index is 2.35. The Morgan fingerprint density at radius 1 is 1.05 bits per heavy atom. The molecule has 22 heavy (non-hydrogen) atoms. The third kappa shape index (κ3) is 2.23. The first-order valence-electron chi connectivity index (χ1n) is 6.84. The van der Waals surface area contributed by atoms with Gasteiger partial charge in [-0.05, 0) is 38.1 Å². The van der Waals surface area contributed by atoms with Gasteiger partial charge >= 0.3 is 0 Å². The lowest BCUT2D eigenvalue weighted by molar-refractivity contribution is 0.101. The van der Waals surface area contributed by atoms with Crippen molar-refractivity contribution in [2.24, 2.45) is 0 Å². The van der Waals surface area contributed by atoms with Gasteiger partial charge in [0.15, 0.2) is 5.78 Å². The lowest BCUT2D eigenvalue weighted by atomic mass is 10.1. The van der Waals surface area contributed by atoms with Crippen LogP contribution >= 0.6 is 0 Å². The molecule has 0 fully saturated rings. The molecule has 1 heterocycles. The predicted molar refractivity (Wildman–Crippen MR) is 85.7 cm³/mol. The maximum Gasteiger partial charge on any atom is 0.268 e. The summed E-state index contributed by atoms with van der Waals surface area (Å²) >= 11 is 0. The van der Waals surface area contributed by atoms with Crippen molar-refractivity contribution in [3.8, 4) is 0 Å². The first-order valence-corrected chi connectivity index (χ1v) is 8.28. The molecule has 112 valence electrons. The largest absolute Gasteiger partial charge is 0.294 e.